The van der Waals surface area contributed by atoms with Crippen LogP contribution < -0.4 is 0 Å². The summed E-state index contributed by atoms with van der Waals surface area (Å²) in [6.45, 7) is 9.28. The molecule has 0 aliphatic carbocycles. The van der Waals surface area contributed by atoms with Gasteiger partial charge in [0.05, 0.1) is 0 Å². The maximum atomic E-state index is 4.21. The number of rotatable bonds is 3. The van der Waals surface area contributed by atoms with Crippen LogP contribution in [0.5, 0.6) is 0 Å². The molecule has 2 rings (SSSR count). The van der Waals surface area contributed by atoms with E-state index >= 15 is 0 Å². The minimum atomic E-state index is 0.620. The van der Waals surface area contributed by atoms with Crippen LogP contribution in [0.25, 0.3) is 0 Å². The third kappa shape index (κ3) is 3.06. The van der Waals surface area contributed by atoms with Crippen molar-refractivity contribution in [2.75, 3.05) is 13.1 Å². The van der Waals surface area contributed by atoms with Crippen LogP contribution in [0.2, 0.25) is 0 Å². The summed E-state index contributed by atoms with van der Waals surface area (Å²) in [4.78, 5) is 6.87. The largest absolute Gasteiger partial charge is 0.296 e. The average molecular weight is 232 g/mol. The first-order chi connectivity index (χ1) is 8.18. The molecule has 0 N–H and O–H groups in total. The van der Waals surface area contributed by atoms with Crippen LogP contribution in [0.4, 0.5) is 0 Å². The third-order valence-corrected chi connectivity index (χ3v) is 3.64. The Balaban J connectivity index is 2.19. The van der Waals surface area contributed by atoms with Crippen molar-refractivity contribution in [3.05, 3.63) is 29.6 Å². The first-order valence-electron chi connectivity index (χ1n) is 6.83. The molecule has 1 aliphatic rings. The van der Waals surface area contributed by atoms with Crippen LogP contribution in [0, 0.1) is 12.8 Å². The molecule has 0 radical (unpaired) electrons. The predicted octanol–water partition coefficient (Wildman–Crippen LogP) is 3.57. The van der Waals surface area contributed by atoms with Gasteiger partial charge in [-0.1, -0.05) is 20.3 Å². The lowest BCUT2D eigenvalue weighted by atomic mass is 9.92. The highest BCUT2D eigenvalue weighted by atomic mass is 15.2. The standard InChI is InChI=1S/C15H24N2/c1-12(2)11-17-9-5-4-6-15(17)14-7-8-16-10-13(14)3/h7-8,10,12,15H,4-6,9,11H2,1-3H3/t15-/m0/s1. The van der Waals surface area contributed by atoms with Crippen molar-refractivity contribution in [2.24, 2.45) is 5.92 Å². The Labute approximate surface area is 105 Å². The van der Waals surface area contributed by atoms with Gasteiger partial charge in [0, 0.05) is 25.0 Å². The fourth-order valence-electron chi connectivity index (χ4n) is 2.89. The third-order valence-electron chi connectivity index (χ3n) is 3.64. The molecule has 1 aliphatic heterocycles. The Morgan fingerprint density at radius 3 is 2.94 bits per heavy atom. The number of pyridine rings is 1. The van der Waals surface area contributed by atoms with Gasteiger partial charge in [0.2, 0.25) is 0 Å². The minimum Gasteiger partial charge on any atom is -0.296 e. The van der Waals surface area contributed by atoms with Crippen LogP contribution in [-0.2, 0) is 0 Å². The fourth-order valence-corrected chi connectivity index (χ4v) is 2.89. The second kappa shape index (κ2) is 5.63. The lowest BCUT2D eigenvalue weighted by Crippen LogP contribution is -2.36. The van der Waals surface area contributed by atoms with Gasteiger partial charge in [-0.2, -0.15) is 0 Å². The topological polar surface area (TPSA) is 16.1 Å². The molecule has 0 saturated carbocycles. The van der Waals surface area contributed by atoms with Gasteiger partial charge in [0.1, 0.15) is 0 Å². The molecular weight excluding hydrogens is 208 g/mol. The highest BCUT2D eigenvalue weighted by Crippen LogP contribution is 2.32. The molecule has 1 fully saturated rings. The Bertz CT molecular complexity index is 360. The van der Waals surface area contributed by atoms with E-state index in [1.807, 2.05) is 12.4 Å². The summed E-state index contributed by atoms with van der Waals surface area (Å²) in [5, 5.41) is 0. The minimum absolute atomic E-state index is 0.620. The average Bonchev–Trinajstić information content (AvgIpc) is 2.30. The van der Waals surface area contributed by atoms with Gasteiger partial charge in [0.15, 0.2) is 0 Å². The number of piperidine rings is 1. The number of aromatic nitrogens is 1. The Kier molecular flexibility index (Phi) is 4.16. The van der Waals surface area contributed by atoms with Crippen LogP contribution in [-0.4, -0.2) is 23.0 Å². The number of likely N-dealkylation sites (tertiary alicyclic amines) is 1. The van der Waals surface area contributed by atoms with Crippen LogP contribution in [0.3, 0.4) is 0 Å². The fraction of sp³-hybridized carbons (Fsp3) is 0.667. The van der Waals surface area contributed by atoms with E-state index in [1.165, 1.54) is 43.5 Å². The molecule has 1 aromatic rings. The summed E-state index contributed by atoms with van der Waals surface area (Å²) in [6.07, 6.45) is 7.95. The van der Waals surface area contributed by atoms with Gasteiger partial charge in [-0.05, 0) is 49.4 Å². The van der Waals surface area contributed by atoms with Crippen molar-refractivity contribution in [3.63, 3.8) is 0 Å². The van der Waals surface area contributed by atoms with Gasteiger partial charge < -0.3 is 0 Å². The zero-order valence-electron chi connectivity index (χ0n) is 11.3. The molecule has 0 bridgehead atoms. The highest BCUT2D eigenvalue weighted by Gasteiger charge is 2.25. The zero-order valence-corrected chi connectivity index (χ0v) is 11.3. The molecule has 94 valence electrons. The molecule has 2 heterocycles. The maximum Gasteiger partial charge on any atom is 0.0351 e. The van der Waals surface area contributed by atoms with E-state index in [0.29, 0.717) is 6.04 Å². The van der Waals surface area contributed by atoms with Crippen molar-refractivity contribution < 1.29 is 0 Å². The quantitative estimate of drug-likeness (QED) is 0.792. The van der Waals surface area contributed by atoms with Gasteiger partial charge in [-0.3, -0.25) is 9.88 Å². The summed E-state index contributed by atoms with van der Waals surface area (Å²) in [5.74, 6) is 0.748. The van der Waals surface area contributed by atoms with Crippen LogP contribution in [0.15, 0.2) is 18.5 Å². The SMILES string of the molecule is Cc1cnccc1[C@@H]1CCCCN1CC(C)C. The van der Waals surface area contributed by atoms with Gasteiger partial charge in [-0.25, -0.2) is 0 Å². The van der Waals surface area contributed by atoms with E-state index in [-0.39, 0.29) is 0 Å². The molecule has 0 aromatic carbocycles. The molecular formula is C15H24N2. The molecule has 1 atom stereocenters. The molecule has 17 heavy (non-hydrogen) atoms. The molecule has 0 amide bonds. The normalized spacial score (nSPS) is 22.0. The summed E-state index contributed by atoms with van der Waals surface area (Å²) in [5.41, 5.74) is 2.83. The maximum absolute atomic E-state index is 4.21. The van der Waals surface area contributed by atoms with E-state index < -0.39 is 0 Å². The van der Waals surface area contributed by atoms with Crippen molar-refractivity contribution >= 4 is 0 Å². The molecule has 2 heteroatoms. The summed E-state index contributed by atoms with van der Waals surface area (Å²) < 4.78 is 0. The van der Waals surface area contributed by atoms with E-state index in [1.54, 1.807) is 0 Å². The lowest BCUT2D eigenvalue weighted by molar-refractivity contribution is 0.132. The first-order valence-corrected chi connectivity index (χ1v) is 6.83. The number of hydrogen-bond donors (Lipinski definition) is 0. The van der Waals surface area contributed by atoms with Crippen molar-refractivity contribution in [2.45, 2.75) is 46.1 Å². The van der Waals surface area contributed by atoms with Gasteiger partial charge in [0.25, 0.3) is 0 Å². The summed E-state index contributed by atoms with van der Waals surface area (Å²) >= 11 is 0. The Hall–Kier alpha value is -0.890. The second-order valence-corrected chi connectivity index (χ2v) is 5.63. The number of nitrogens with zero attached hydrogens (tertiary/aromatic N) is 2. The van der Waals surface area contributed by atoms with Crippen molar-refractivity contribution in [1.29, 1.82) is 0 Å². The lowest BCUT2D eigenvalue weighted by Gasteiger charge is -2.37. The Morgan fingerprint density at radius 2 is 2.24 bits per heavy atom. The first kappa shape index (κ1) is 12.6. The second-order valence-electron chi connectivity index (χ2n) is 5.63. The highest BCUT2D eigenvalue weighted by molar-refractivity contribution is 5.25. The molecule has 1 aromatic heterocycles. The van der Waals surface area contributed by atoms with Gasteiger partial charge >= 0.3 is 0 Å². The predicted molar refractivity (Wildman–Crippen MR) is 72.0 cm³/mol. The van der Waals surface area contributed by atoms with E-state index in [9.17, 15) is 0 Å². The zero-order chi connectivity index (χ0) is 12.3. The van der Waals surface area contributed by atoms with E-state index in [2.05, 4.69) is 36.7 Å². The molecule has 2 nitrogen and oxygen atoms in total. The smallest absolute Gasteiger partial charge is 0.0351 e. The summed E-state index contributed by atoms with van der Waals surface area (Å²) in [6, 6.07) is 2.83. The van der Waals surface area contributed by atoms with Crippen molar-refractivity contribution in [3.8, 4) is 0 Å². The van der Waals surface area contributed by atoms with Crippen molar-refractivity contribution in [1.82, 2.24) is 9.88 Å². The monoisotopic (exact) mass is 232 g/mol. The number of hydrogen-bond acceptors (Lipinski definition) is 2. The molecule has 0 unspecified atom stereocenters. The summed E-state index contributed by atoms with van der Waals surface area (Å²) in [7, 11) is 0. The van der Waals surface area contributed by atoms with E-state index in [0.717, 1.165) is 5.92 Å². The van der Waals surface area contributed by atoms with E-state index in [4.69, 9.17) is 0 Å². The number of aryl methyl sites for hydroxylation is 1. The van der Waals surface area contributed by atoms with Crippen LogP contribution >= 0.6 is 0 Å². The molecule has 1 saturated heterocycles. The van der Waals surface area contributed by atoms with Gasteiger partial charge in [-0.15, -0.1) is 0 Å². The Morgan fingerprint density at radius 1 is 1.41 bits per heavy atom. The molecule has 0 spiro atoms. The van der Waals surface area contributed by atoms with Crippen LogP contribution in [0.1, 0.15) is 50.3 Å².